The highest BCUT2D eigenvalue weighted by Crippen LogP contribution is 2.48. The van der Waals surface area contributed by atoms with Crippen molar-refractivity contribution in [1.82, 2.24) is 0 Å². The van der Waals surface area contributed by atoms with Gasteiger partial charge in [0.05, 0.1) is 5.69 Å². The van der Waals surface area contributed by atoms with Gasteiger partial charge in [-0.15, -0.1) is 0 Å². The van der Waals surface area contributed by atoms with Crippen molar-refractivity contribution < 1.29 is 8.83 Å². The van der Waals surface area contributed by atoms with Gasteiger partial charge in [-0.25, -0.2) is 0 Å². The van der Waals surface area contributed by atoms with E-state index in [0.717, 1.165) is 77.5 Å². The van der Waals surface area contributed by atoms with Gasteiger partial charge in [0.2, 0.25) is 0 Å². The number of fused-ring (bicyclic) bond motifs is 11. The summed E-state index contributed by atoms with van der Waals surface area (Å²) in [6.45, 7) is 0. The summed E-state index contributed by atoms with van der Waals surface area (Å²) in [7, 11) is 0. The Labute approximate surface area is 270 Å². The molecule has 0 aliphatic carbocycles. The van der Waals surface area contributed by atoms with Crippen molar-refractivity contribution in [3.05, 3.63) is 164 Å². The fourth-order valence-corrected chi connectivity index (χ4v) is 7.37. The van der Waals surface area contributed by atoms with Crippen LogP contribution in [0.4, 0.5) is 17.1 Å². The lowest BCUT2D eigenvalue weighted by Gasteiger charge is -2.26. The SMILES string of the molecule is c1ccc(-c2cc(N(c3ccccc3)c3cccc4c3oc3ccccc34)cc3c2oc2c4ccccc4c4ccccc4c32)cc1. The quantitative estimate of drug-likeness (QED) is 0.188. The normalized spacial score (nSPS) is 11.8. The van der Waals surface area contributed by atoms with E-state index in [1.165, 1.54) is 16.2 Å². The number of furan rings is 2. The van der Waals surface area contributed by atoms with Gasteiger partial charge in [-0.2, -0.15) is 0 Å². The third-order valence-electron chi connectivity index (χ3n) is 9.41. The zero-order chi connectivity index (χ0) is 30.9. The Bertz CT molecular complexity index is 2790. The van der Waals surface area contributed by atoms with Crippen LogP contribution in [-0.4, -0.2) is 0 Å². The zero-order valence-electron chi connectivity index (χ0n) is 25.4. The fraction of sp³-hybridized carbons (Fsp3) is 0. The molecule has 2 aromatic heterocycles. The van der Waals surface area contributed by atoms with Crippen LogP contribution in [0.25, 0.3) is 76.5 Å². The van der Waals surface area contributed by atoms with Gasteiger partial charge in [0, 0.05) is 43.9 Å². The Balaban J connectivity index is 1.37. The summed E-state index contributed by atoms with van der Waals surface area (Å²) in [5.41, 5.74) is 8.71. The monoisotopic (exact) mass is 601 g/mol. The highest BCUT2D eigenvalue weighted by atomic mass is 16.3. The Hall–Kier alpha value is -6.32. The molecule has 0 atom stereocenters. The number of hydrogen-bond donors (Lipinski definition) is 0. The van der Waals surface area contributed by atoms with Gasteiger partial charge in [-0.3, -0.25) is 0 Å². The molecule has 0 unspecified atom stereocenters. The van der Waals surface area contributed by atoms with Crippen LogP contribution in [0.1, 0.15) is 0 Å². The van der Waals surface area contributed by atoms with E-state index in [1.807, 2.05) is 12.1 Å². The van der Waals surface area contributed by atoms with Crippen LogP contribution in [0.15, 0.2) is 173 Å². The molecule has 0 radical (unpaired) electrons. The molecule has 0 N–H and O–H groups in total. The van der Waals surface area contributed by atoms with Crippen molar-refractivity contribution >= 4 is 82.5 Å². The van der Waals surface area contributed by atoms with Crippen LogP contribution in [0, 0.1) is 0 Å². The summed E-state index contributed by atoms with van der Waals surface area (Å²) < 4.78 is 13.6. The van der Waals surface area contributed by atoms with Crippen molar-refractivity contribution in [2.75, 3.05) is 4.90 Å². The zero-order valence-corrected chi connectivity index (χ0v) is 25.4. The second-order valence-corrected chi connectivity index (χ2v) is 12.1. The van der Waals surface area contributed by atoms with Gasteiger partial charge < -0.3 is 13.7 Å². The maximum Gasteiger partial charge on any atom is 0.159 e. The first-order valence-corrected chi connectivity index (χ1v) is 15.9. The number of hydrogen-bond acceptors (Lipinski definition) is 3. The van der Waals surface area contributed by atoms with Crippen LogP contribution in [0.5, 0.6) is 0 Å². The largest absolute Gasteiger partial charge is 0.455 e. The molecule has 0 aliphatic rings. The summed E-state index contributed by atoms with van der Waals surface area (Å²) >= 11 is 0. The molecule has 2 heterocycles. The van der Waals surface area contributed by atoms with Crippen LogP contribution in [0.3, 0.4) is 0 Å². The summed E-state index contributed by atoms with van der Waals surface area (Å²) in [5.74, 6) is 0. The van der Waals surface area contributed by atoms with Crippen LogP contribution in [-0.2, 0) is 0 Å². The molecule has 10 aromatic rings. The van der Waals surface area contributed by atoms with Crippen molar-refractivity contribution in [1.29, 1.82) is 0 Å². The molecule has 47 heavy (non-hydrogen) atoms. The summed E-state index contributed by atoms with van der Waals surface area (Å²) in [4.78, 5) is 2.32. The molecule has 0 spiro atoms. The van der Waals surface area contributed by atoms with Crippen molar-refractivity contribution in [2.45, 2.75) is 0 Å². The third kappa shape index (κ3) is 3.87. The number of nitrogens with zero attached hydrogens (tertiary/aromatic N) is 1. The Morgan fingerprint density at radius 2 is 0.957 bits per heavy atom. The Morgan fingerprint density at radius 3 is 1.74 bits per heavy atom. The number of para-hydroxylation sites is 3. The highest BCUT2D eigenvalue weighted by Gasteiger charge is 2.24. The molecule has 0 bridgehead atoms. The Morgan fingerprint density at radius 1 is 0.362 bits per heavy atom. The number of anilines is 3. The van der Waals surface area contributed by atoms with E-state index < -0.39 is 0 Å². The van der Waals surface area contributed by atoms with Gasteiger partial charge in [0.25, 0.3) is 0 Å². The van der Waals surface area contributed by atoms with E-state index in [4.69, 9.17) is 8.83 Å². The molecule has 0 amide bonds. The van der Waals surface area contributed by atoms with E-state index in [2.05, 4.69) is 157 Å². The van der Waals surface area contributed by atoms with Gasteiger partial charge in [-0.1, -0.05) is 127 Å². The molecular formula is C44H27NO2. The molecule has 10 rings (SSSR count). The molecule has 0 saturated carbocycles. The minimum absolute atomic E-state index is 0.854. The molecule has 3 nitrogen and oxygen atoms in total. The number of benzene rings is 8. The lowest BCUT2D eigenvalue weighted by molar-refractivity contribution is 0.669. The summed E-state index contributed by atoms with van der Waals surface area (Å²) in [5, 5.41) is 9.12. The molecule has 0 aliphatic heterocycles. The molecular weight excluding hydrogens is 574 g/mol. The van der Waals surface area contributed by atoms with Gasteiger partial charge in [-0.05, 0) is 58.1 Å². The fourth-order valence-electron chi connectivity index (χ4n) is 7.37. The predicted octanol–water partition coefficient (Wildman–Crippen LogP) is 12.9. The Kier molecular flexibility index (Phi) is 5.57. The van der Waals surface area contributed by atoms with Crippen molar-refractivity contribution in [3.63, 3.8) is 0 Å². The topological polar surface area (TPSA) is 29.5 Å². The average molecular weight is 602 g/mol. The lowest BCUT2D eigenvalue weighted by Crippen LogP contribution is -2.10. The van der Waals surface area contributed by atoms with E-state index in [1.54, 1.807) is 0 Å². The smallest absolute Gasteiger partial charge is 0.159 e. The first-order valence-electron chi connectivity index (χ1n) is 15.9. The van der Waals surface area contributed by atoms with Crippen molar-refractivity contribution in [2.24, 2.45) is 0 Å². The maximum atomic E-state index is 6.98. The van der Waals surface area contributed by atoms with Gasteiger partial charge >= 0.3 is 0 Å². The molecule has 3 heteroatoms. The minimum atomic E-state index is 0.854. The molecule has 0 saturated heterocycles. The standard InChI is InChI=1S/C44H27NO2/c1-3-14-28(15-4-1)37-26-30(27-38-41-34-21-9-7-18-31(34)32-19-8-10-22-35(32)44(41)47-42(37)38)45(29-16-5-2-6-17-29)39-24-13-23-36-33-20-11-12-25-40(33)46-43(36)39/h1-27H. The minimum Gasteiger partial charge on any atom is -0.455 e. The summed E-state index contributed by atoms with van der Waals surface area (Å²) in [6.07, 6.45) is 0. The summed E-state index contributed by atoms with van der Waals surface area (Å²) in [6, 6.07) is 57.6. The maximum absolute atomic E-state index is 6.98. The van der Waals surface area contributed by atoms with E-state index >= 15 is 0 Å². The van der Waals surface area contributed by atoms with Crippen LogP contribution >= 0.6 is 0 Å². The van der Waals surface area contributed by atoms with Gasteiger partial charge in [0.1, 0.15) is 16.7 Å². The lowest BCUT2D eigenvalue weighted by atomic mass is 9.95. The average Bonchev–Trinajstić information content (AvgIpc) is 3.72. The van der Waals surface area contributed by atoms with Crippen molar-refractivity contribution in [3.8, 4) is 11.1 Å². The van der Waals surface area contributed by atoms with Crippen LogP contribution < -0.4 is 4.90 Å². The predicted molar refractivity (Wildman–Crippen MR) is 196 cm³/mol. The first kappa shape index (κ1) is 26.0. The molecule has 220 valence electrons. The first-order chi connectivity index (χ1) is 23.3. The highest BCUT2D eigenvalue weighted by molar-refractivity contribution is 6.31. The molecule has 8 aromatic carbocycles. The second-order valence-electron chi connectivity index (χ2n) is 12.1. The van der Waals surface area contributed by atoms with E-state index in [-0.39, 0.29) is 0 Å². The van der Waals surface area contributed by atoms with Crippen LogP contribution in [0.2, 0.25) is 0 Å². The third-order valence-corrected chi connectivity index (χ3v) is 9.41. The van der Waals surface area contributed by atoms with Gasteiger partial charge in [0.15, 0.2) is 5.58 Å². The van der Waals surface area contributed by atoms with E-state index in [0.29, 0.717) is 0 Å². The van der Waals surface area contributed by atoms with E-state index in [9.17, 15) is 0 Å². The second kappa shape index (κ2) is 10.1. The molecule has 0 fully saturated rings. The number of rotatable bonds is 4.